The maximum absolute atomic E-state index is 13.0. The van der Waals surface area contributed by atoms with Gasteiger partial charge in [0.05, 0.1) is 23.3 Å². The minimum absolute atomic E-state index is 0.0491. The highest BCUT2D eigenvalue weighted by molar-refractivity contribution is 9.10. The number of sulfonamides is 1. The molecule has 0 aliphatic carbocycles. The van der Waals surface area contributed by atoms with Crippen molar-refractivity contribution in [2.45, 2.75) is 11.3 Å². The zero-order valence-electron chi connectivity index (χ0n) is 12.6. The van der Waals surface area contributed by atoms with Gasteiger partial charge in [0.25, 0.3) is 10.0 Å². The third kappa shape index (κ3) is 3.10. The molecule has 24 heavy (non-hydrogen) atoms. The van der Waals surface area contributed by atoms with Gasteiger partial charge in [-0.2, -0.15) is 0 Å². The summed E-state index contributed by atoms with van der Waals surface area (Å²) in [7, 11) is -2.52. The summed E-state index contributed by atoms with van der Waals surface area (Å²) in [6.07, 6.45) is 0.645. The summed E-state index contributed by atoms with van der Waals surface area (Å²) in [5.74, 6) is -0.585. The Bertz CT molecular complexity index is 928. The number of hydrogen-bond donors (Lipinski definition) is 0. The Kier molecular flexibility index (Phi) is 4.72. The molecule has 2 aromatic carbocycles. The number of esters is 1. The second-order valence-electron chi connectivity index (χ2n) is 5.27. The number of ether oxygens (including phenoxy) is 1. The van der Waals surface area contributed by atoms with E-state index in [2.05, 4.69) is 36.6 Å². The molecule has 0 radical (unpaired) electrons. The Morgan fingerprint density at radius 2 is 1.88 bits per heavy atom. The van der Waals surface area contributed by atoms with Gasteiger partial charge >= 0.3 is 5.97 Å². The van der Waals surface area contributed by atoms with Crippen LogP contribution in [0.5, 0.6) is 0 Å². The van der Waals surface area contributed by atoms with E-state index < -0.39 is 16.0 Å². The van der Waals surface area contributed by atoms with Crippen LogP contribution in [-0.4, -0.2) is 28.0 Å². The minimum Gasteiger partial charge on any atom is -0.465 e. The average Bonchev–Trinajstić information content (AvgIpc) is 2.97. The van der Waals surface area contributed by atoms with Crippen LogP contribution in [0.3, 0.4) is 0 Å². The van der Waals surface area contributed by atoms with Crippen molar-refractivity contribution < 1.29 is 17.9 Å². The lowest BCUT2D eigenvalue weighted by Crippen LogP contribution is -2.29. The quantitative estimate of drug-likeness (QED) is 0.635. The number of methoxy groups -OCH3 is 1. The molecule has 0 unspecified atom stereocenters. The van der Waals surface area contributed by atoms with Crippen molar-refractivity contribution in [2.75, 3.05) is 18.0 Å². The number of carbonyl (C=O) groups excluding carboxylic acids is 1. The van der Waals surface area contributed by atoms with Crippen LogP contribution in [0.15, 0.2) is 50.2 Å². The van der Waals surface area contributed by atoms with E-state index >= 15 is 0 Å². The number of anilines is 1. The molecule has 3 rings (SSSR count). The Morgan fingerprint density at radius 3 is 2.58 bits per heavy atom. The standard InChI is InChI=1S/C16H13Br2NO4S/c1-23-16(20)11-7-13(18)9-14(8-11)24(21,22)19-5-4-10-6-12(17)2-3-15(10)19/h2-3,6-9H,4-5H2,1H3. The van der Waals surface area contributed by atoms with Gasteiger partial charge in [-0.1, -0.05) is 31.9 Å². The molecule has 0 atom stereocenters. The first-order valence-electron chi connectivity index (χ1n) is 7.03. The molecule has 0 amide bonds. The molecule has 5 nitrogen and oxygen atoms in total. The van der Waals surface area contributed by atoms with Gasteiger partial charge in [0.15, 0.2) is 0 Å². The summed E-state index contributed by atoms with van der Waals surface area (Å²) in [6, 6.07) is 9.86. The van der Waals surface area contributed by atoms with Gasteiger partial charge in [-0.25, -0.2) is 13.2 Å². The summed E-state index contributed by atoms with van der Waals surface area (Å²) in [5.41, 5.74) is 1.81. The van der Waals surface area contributed by atoms with Crippen LogP contribution in [0, 0.1) is 0 Å². The molecule has 0 fully saturated rings. The number of halogens is 2. The van der Waals surface area contributed by atoms with Gasteiger partial charge in [-0.05, 0) is 48.4 Å². The predicted molar refractivity (Wildman–Crippen MR) is 97.9 cm³/mol. The van der Waals surface area contributed by atoms with Crippen LogP contribution in [0.25, 0.3) is 0 Å². The molecule has 1 aliphatic heterocycles. The van der Waals surface area contributed by atoms with E-state index in [1.54, 1.807) is 6.07 Å². The van der Waals surface area contributed by atoms with Gasteiger partial charge in [-0.3, -0.25) is 4.31 Å². The SMILES string of the molecule is COC(=O)c1cc(Br)cc(S(=O)(=O)N2CCc3cc(Br)ccc32)c1. The zero-order valence-corrected chi connectivity index (χ0v) is 16.6. The van der Waals surface area contributed by atoms with E-state index in [0.29, 0.717) is 23.1 Å². The highest BCUT2D eigenvalue weighted by Gasteiger charge is 2.31. The van der Waals surface area contributed by atoms with Crippen LogP contribution in [0.1, 0.15) is 15.9 Å². The van der Waals surface area contributed by atoms with Crippen molar-refractivity contribution >= 4 is 53.5 Å². The Morgan fingerprint density at radius 1 is 1.12 bits per heavy atom. The van der Waals surface area contributed by atoms with Gasteiger partial charge in [0.1, 0.15) is 0 Å². The molecule has 2 aromatic rings. The van der Waals surface area contributed by atoms with E-state index in [1.807, 2.05) is 12.1 Å². The maximum atomic E-state index is 13.0. The monoisotopic (exact) mass is 473 g/mol. The van der Waals surface area contributed by atoms with Gasteiger partial charge in [0, 0.05) is 15.5 Å². The van der Waals surface area contributed by atoms with Gasteiger partial charge < -0.3 is 4.74 Å². The van der Waals surface area contributed by atoms with E-state index in [0.717, 1.165) is 10.0 Å². The number of carbonyl (C=O) groups is 1. The topological polar surface area (TPSA) is 63.7 Å². The summed E-state index contributed by atoms with van der Waals surface area (Å²) < 4.78 is 33.5. The summed E-state index contributed by atoms with van der Waals surface area (Å²) in [5, 5.41) is 0. The lowest BCUT2D eigenvalue weighted by Gasteiger charge is -2.20. The second-order valence-corrected chi connectivity index (χ2v) is 8.96. The van der Waals surface area contributed by atoms with Crippen molar-refractivity contribution in [3.8, 4) is 0 Å². The average molecular weight is 475 g/mol. The number of rotatable bonds is 3. The maximum Gasteiger partial charge on any atom is 0.337 e. The molecule has 0 saturated heterocycles. The van der Waals surface area contributed by atoms with Crippen molar-refractivity contribution in [1.82, 2.24) is 0 Å². The van der Waals surface area contributed by atoms with Crippen LogP contribution in [-0.2, 0) is 21.2 Å². The van der Waals surface area contributed by atoms with Gasteiger partial charge in [-0.15, -0.1) is 0 Å². The highest BCUT2D eigenvalue weighted by atomic mass is 79.9. The first-order chi connectivity index (χ1) is 11.3. The molecule has 0 N–H and O–H groups in total. The van der Waals surface area contributed by atoms with Crippen molar-refractivity contribution in [3.05, 3.63) is 56.5 Å². The Labute approximate surface area is 156 Å². The van der Waals surface area contributed by atoms with Crippen LogP contribution in [0.4, 0.5) is 5.69 Å². The first kappa shape index (κ1) is 17.4. The molecular weight excluding hydrogens is 462 g/mol. The van der Waals surface area contributed by atoms with E-state index in [1.165, 1.54) is 29.6 Å². The lowest BCUT2D eigenvalue weighted by molar-refractivity contribution is 0.0600. The van der Waals surface area contributed by atoms with E-state index in [-0.39, 0.29) is 10.5 Å². The smallest absolute Gasteiger partial charge is 0.337 e. The van der Waals surface area contributed by atoms with E-state index in [4.69, 9.17) is 0 Å². The molecule has 0 saturated carbocycles. The normalized spacial score (nSPS) is 13.7. The number of nitrogens with zero attached hydrogens (tertiary/aromatic N) is 1. The third-order valence-corrected chi connectivity index (χ3v) is 6.52. The van der Waals surface area contributed by atoms with E-state index in [9.17, 15) is 13.2 Å². The Balaban J connectivity index is 2.07. The van der Waals surface area contributed by atoms with Gasteiger partial charge in [0.2, 0.25) is 0 Å². The number of fused-ring (bicyclic) bond motifs is 1. The van der Waals surface area contributed by atoms with Crippen LogP contribution in [0.2, 0.25) is 0 Å². The van der Waals surface area contributed by atoms with Crippen molar-refractivity contribution in [3.63, 3.8) is 0 Å². The molecule has 1 heterocycles. The van der Waals surface area contributed by atoms with Crippen molar-refractivity contribution in [1.29, 1.82) is 0 Å². The Hall–Kier alpha value is -1.38. The molecule has 0 aromatic heterocycles. The first-order valence-corrected chi connectivity index (χ1v) is 10.1. The summed E-state index contributed by atoms with van der Waals surface area (Å²) in [4.78, 5) is 11.8. The minimum atomic E-state index is -3.77. The lowest BCUT2D eigenvalue weighted by atomic mass is 10.2. The molecule has 0 bridgehead atoms. The summed E-state index contributed by atoms with van der Waals surface area (Å²) >= 11 is 6.65. The highest BCUT2D eigenvalue weighted by Crippen LogP contribution is 2.35. The molecule has 0 spiro atoms. The fourth-order valence-electron chi connectivity index (χ4n) is 2.66. The summed E-state index contributed by atoms with van der Waals surface area (Å²) in [6.45, 7) is 0.369. The largest absolute Gasteiger partial charge is 0.465 e. The fraction of sp³-hybridized carbons (Fsp3) is 0.188. The second kappa shape index (κ2) is 6.50. The molecule has 126 valence electrons. The van der Waals surface area contributed by atoms with Crippen LogP contribution >= 0.6 is 31.9 Å². The molecular formula is C16H13Br2NO4S. The van der Waals surface area contributed by atoms with Crippen molar-refractivity contribution in [2.24, 2.45) is 0 Å². The molecule has 1 aliphatic rings. The van der Waals surface area contributed by atoms with Crippen LogP contribution < -0.4 is 4.31 Å². The third-order valence-electron chi connectivity index (χ3n) is 3.77. The zero-order chi connectivity index (χ0) is 17.5. The fourth-order valence-corrected chi connectivity index (χ4v) is 5.29. The predicted octanol–water partition coefficient (Wildman–Crippen LogP) is 3.75. The molecule has 8 heteroatoms. The number of benzene rings is 2. The number of hydrogen-bond acceptors (Lipinski definition) is 4.